The number of hydrogen-bond acceptors (Lipinski definition) is 4. The molecule has 0 radical (unpaired) electrons. The molecule has 0 saturated heterocycles. The third kappa shape index (κ3) is 3.28. The molecule has 0 spiro atoms. The van der Waals surface area contributed by atoms with E-state index < -0.39 is 6.10 Å². The molecule has 5 heteroatoms. The van der Waals surface area contributed by atoms with Crippen molar-refractivity contribution in [3.05, 3.63) is 63.7 Å². The number of nitrogens with two attached hydrogens (primary N) is 1. The van der Waals surface area contributed by atoms with Crippen LogP contribution in [0, 0.1) is 20.8 Å². The molecular weight excluding hydrogens is 316 g/mol. The van der Waals surface area contributed by atoms with Crippen LogP contribution in [0.4, 0.5) is 0 Å². The van der Waals surface area contributed by atoms with E-state index in [1.54, 1.807) is 12.1 Å². The number of amides is 1. The van der Waals surface area contributed by atoms with Crippen molar-refractivity contribution in [1.82, 2.24) is 5.43 Å². The summed E-state index contributed by atoms with van der Waals surface area (Å²) < 4.78 is 5.96. The van der Waals surface area contributed by atoms with Crippen LogP contribution in [0.3, 0.4) is 0 Å². The number of nitrogen functional groups attached to an aromatic ring is 1. The van der Waals surface area contributed by atoms with Crippen molar-refractivity contribution in [2.45, 2.75) is 39.7 Å². The molecule has 1 heterocycles. The predicted molar refractivity (Wildman–Crippen MR) is 95.8 cm³/mol. The van der Waals surface area contributed by atoms with Gasteiger partial charge in [0.15, 0.2) is 6.10 Å². The fraction of sp³-hybridized carbons (Fsp3) is 0.300. The van der Waals surface area contributed by atoms with Crippen molar-refractivity contribution >= 4 is 11.7 Å². The number of ether oxygens (including phenoxy) is 1. The normalized spacial score (nSPS) is 15.9. The topological polar surface area (TPSA) is 81.4 Å². The number of nitrogens with one attached hydrogen (secondary N) is 1. The number of aryl methyl sites for hydroxylation is 2. The minimum absolute atomic E-state index is 0.00104. The number of rotatable bonds is 3. The van der Waals surface area contributed by atoms with Gasteiger partial charge in [0.2, 0.25) is 5.78 Å². The molecule has 2 aromatic carbocycles. The number of ketones is 1. The molecule has 1 unspecified atom stereocenters. The molecule has 1 aliphatic rings. The minimum Gasteiger partial charge on any atom is -0.482 e. The van der Waals surface area contributed by atoms with Gasteiger partial charge < -0.3 is 4.74 Å². The number of Topliss-reactive ketones (excluding diaryl/α,β-unsaturated/α-hetero) is 1. The molecule has 0 aliphatic carbocycles. The number of benzene rings is 2. The van der Waals surface area contributed by atoms with E-state index in [9.17, 15) is 9.59 Å². The Morgan fingerprint density at radius 1 is 1.12 bits per heavy atom. The van der Waals surface area contributed by atoms with Crippen molar-refractivity contribution in [2.24, 2.45) is 5.84 Å². The van der Waals surface area contributed by atoms with Crippen LogP contribution < -0.4 is 16.0 Å². The highest BCUT2D eigenvalue weighted by Gasteiger charge is 2.29. The minimum atomic E-state index is -0.498. The van der Waals surface area contributed by atoms with E-state index in [4.69, 9.17) is 10.6 Å². The molecule has 0 fully saturated rings. The van der Waals surface area contributed by atoms with Crippen LogP contribution in [0.25, 0.3) is 0 Å². The summed E-state index contributed by atoms with van der Waals surface area (Å²) in [6, 6.07) is 9.26. The molecule has 3 rings (SSSR count). The van der Waals surface area contributed by atoms with E-state index in [-0.39, 0.29) is 11.7 Å². The molecular formula is C20H22N2O3. The highest BCUT2D eigenvalue weighted by molar-refractivity contribution is 6.00. The molecule has 25 heavy (non-hydrogen) atoms. The van der Waals surface area contributed by atoms with Crippen molar-refractivity contribution in [3.63, 3.8) is 0 Å². The van der Waals surface area contributed by atoms with Gasteiger partial charge in [0.1, 0.15) is 5.75 Å². The SMILES string of the molecule is Cc1cc(C)cc(C(=O)C2CCc3c(ccc(C(=O)NN)c3C)O2)c1. The first kappa shape index (κ1) is 17.2. The first-order valence-corrected chi connectivity index (χ1v) is 8.33. The Morgan fingerprint density at radius 2 is 1.80 bits per heavy atom. The van der Waals surface area contributed by atoms with Gasteiger partial charge in [-0.2, -0.15) is 0 Å². The van der Waals surface area contributed by atoms with E-state index in [0.717, 1.165) is 22.3 Å². The van der Waals surface area contributed by atoms with Gasteiger partial charge in [0.25, 0.3) is 5.91 Å². The van der Waals surface area contributed by atoms with Gasteiger partial charge >= 0.3 is 0 Å². The Kier molecular flexibility index (Phi) is 4.59. The second-order valence-electron chi connectivity index (χ2n) is 6.57. The molecule has 130 valence electrons. The lowest BCUT2D eigenvalue weighted by Crippen LogP contribution is -2.33. The van der Waals surface area contributed by atoms with E-state index in [0.29, 0.717) is 29.7 Å². The third-order valence-corrected chi connectivity index (χ3v) is 4.66. The number of hydrazine groups is 1. The summed E-state index contributed by atoms with van der Waals surface area (Å²) >= 11 is 0. The summed E-state index contributed by atoms with van der Waals surface area (Å²) in [5.41, 5.74) is 7.30. The van der Waals surface area contributed by atoms with Crippen LogP contribution in [-0.4, -0.2) is 17.8 Å². The molecule has 0 saturated carbocycles. The average molecular weight is 338 g/mol. The van der Waals surface area contributed by atoms with Gasteiger partial charge in [-0.25, -0.2) is 5.84 Å². The van der Waals surface area contributed by atoms with Crippen LogP contribution in [0.5, 0.6) is 5.75 Å². The molecule has 3 N–H and O–H groups in total. The monoisotopic (exact) mass is 338 g/mol. The zero-order valence-corrected chi connectivity index (χ0v) is 14.7. The highest BCUT2D eigenvalue weighted by atomic mass is 16.5. The van der Waals surface area contributed by atoms with Gasteiger partial charge in [-0.1, -0.05) is 17.2 Å². The Labute approximate surface area is 147 Å². The zero-order chi connectivity index (χ0) is 18.1. The quantitative estimate of drug-likeness (QED) is 0.390. The summed E-state index contributed by atoms with van der Waals surface area (Å²) in [7, 11) is 0. The Morgan fingerprint density at radius 3 is 2.44 bits per heavy atom. The maximum atomic E-state index is 12.8. The first-order chi connectivity index (χ1) is 11.9. The Balaban J connectivity index is 1.87. The Bertz CT molecular complexity index is 838. The largest absolute Gasteiger partial charge is 0.482 e. The van der Waals surface area contributed by atoms with Gasteiger partial charge in [-0.15, -0.1) is 0 Å². The van der Waals surface area contributed by atoms with Crippen LogP contribution >= 0.6 is 0 Å². The van der Waals surface area contributed by atoms with Crippen LogP contribution in [0.1, 0.15) is 49.4 Å². The summed E-state index contributed by atoms with van der Waals surface area (Å²) in [6.45, 7) is 5.83. The maximum Gasteiger partial charge on any atom is 0.265 e. The molecule has 1 atom stereocenters. The molecule has 1 aliphatic heterocycles. The predicted octanol–water partition coefficient (Wildman–Crippen LogP) is 2.79. The van der Waals surface area contributed by atoms with Crippen molar-refractivity contribution in [2.75, 3.05) is 0 Å². The van der Waals surface area contributed by atoms with Gasteiger partial charge in [-0.3, -0.25) is 15.0 Å². The van der Waals surface area contributed by atoms with Gasteiger partial charge in [0, 0.05) is 11.1 Å². The lowest BCUT2D eigenvalue weighted by Gasteiger charge is -2.27. The summed E-state index contributed by atoms with van der Waals surface area (Å²) in [4.78, 5) is 24.6. The average Bonchev–Trinajstić information content (AvgIpc) is 2.59. The molecule has 2 aromatic rings. The van der Waals surface area contributed by atoms with Crippen molar-refractivity contribution in [1.29, 1.82) is 0 Å². The third-order valence-electron chi connectivity index (χ3n) is 4.66. The lowest BCUT2D eigenvalue weighted by molar-refractivity contribution is 0.0755. The fourth-order valence-electron chi connectivity index (χ4n) is 3.45. The summed E-state index contributed by atoms with van der Waals surface area (Å²) in [5.74, 6) is 5.56. The van der Waals surface area contributed by atoms with Crippen LogP contribution in [-0.2, 0) is 6.42 Å². The van der Waals surface area contributed by atoms with Crippen LogP contribution in [0.2, 0.25) is 0 Å². The molecule has 0 aromatic heterocycles. The van der Waals surface area contributed by atoms with Crippen LogP contribution in [0.15, 0.2) is 30.3 Å². The van der Waals surface area contributed by atoms with Gasteiger partial charge in [-0.05, 0) is 69.0 Å². The molecule has 1 amide bonds. The van der Waals surface area contributed by atoms with E-state index >= 15 is 0 Å². The van der Waals surface area contributed by atoms with Crippen molar-refractivity contribution < 1.29 is 14.3 Å². The first-order valence-electron chi connectivity index (χ1n) is 8.33. The number of carbonyl (C=O) groups is 2. The highest BCUT2D eigenvalue weighted by Crippen LogP contribution is 2.33. The molecule has 5 nitrogen and oxygen atoms in total. The number of hydrogen-bond donors (Lipinski definition) is 2. The smallest absolute Gasteiger partial charge is 0.265 e. The van der Waals surface area contributed by atoms with Gasteiger partial charge in [0.05, 0.1) is 0 Å². The fourth-order valence-corrected chi connectivity index (χ4v) is 3.45. The Hall–Kier alpha value is -2.66. The second-order valence-corrected chi connectivity index (χ2v) is 6.57. The number of fused-ring (bicyclic) bond motifs is 1. The summed E-state index contributed by atoms with van der Waals surface area (Å²) in [6.07, 6.45) is 0.781. The zero-order valence-electron chi connectivity index (χ0n) is 14.7. The van der Waals surface area contributed by atoms with Crippen molar-refractivity contribution in [3.8, 4) is 5.75 Å². The maximum absolute atomic E-state index is 12.8. The summed E-state index contributed by atoms with van der Waals surface area (Å²) in [5, 5.41) is 0. The molecule has 0 bridgehead atoms. The van der Waals surface area contributed by atoms with E-state index in [1.165, 1.54) is 0 Å². The lowest BCUT2D eigenvalue weighted by atomic mass is 9.91. The second kappa shape index (κ2) is 6.69. The number of carbonyl (C=O) groups excluding carboxylic acids is 2. The standard InChI is InChI=1S/C20H22N2O3/c1-11-8-12(2)10-14(9-11)19(23)18-7-4-15-13(3)16(20(24)22-21)5-6-17(15)25-18/h5-6,8-10,18H,4,7,21H2,1-3H3,(H,22,24). The van der Waals surface area contributed by atoms with E-state index in [2.05, 4.69) is 5.43 Å². The van der Waals surface area contributed by atoms with E-state index in [1.807, 2.05) is 39.0 Å².